The van der Waals surface area contributed by atoms with Gasteiger partial charge in [0.2, 0.25) is 0 Å². The smallest absolute Gasteiger partial charge is 0.161 e. The van der Waals surface area contributed by atoms with Crippen LogP contribution in [0.1, 0.15) is 0 Å². The van der Waals surface area contributed by atoms with E-state index in [1.807, 2.05) is 42.5 Å². The van der Waals surface area contributed by atoms with Crippen molar-refractivity contribution in [2.24, 2.45) is 0 Å². The first-order valence-corrected chi connectivity index (χ1v) is 20.6. The highest BCUT2D eigenvalue weighted by atomic mass is 16.3. The van der Waals surface area contributed by atoms with Gasteiger partial charge in [-0.1, -0.05) is 133 Å². The first-order chi connectivity index (χ1) is 30.2. The fourth-order valence-electron chi connectivity index (χ4n) is 9.41. The monoisotopic (exact) mass is 779 g/mol. The van der Waals surface area contributed by atoms with Crippen LogP contribution in [-0.2, 0) is 0 Å². The van der Waals surface area contributed by atoms with Gasteiger partial charge in [-0.15, -0.1) is 0 Å². The van der Waals surface area contributed by atoms with E-state index in [2.05, 4.69) is 162 Å². The Morgan fingerprint density at radius 2 is 1.00 bits per heavy atom. The zero-order chi connectivity index (χ0) is 40.0. The lowest BCUT2D eigenvalue weighted by Gasteiger charge is -2.11. The van der Waals surface area contributed by atoms with Gasteiger partial charge in [0.05, 0.1) is 22.2 Å². The van der Waals surface area contributed by atoms with Crippen LogP contribution in [0.3, 0.4) is 0 Å². The van der Waals surface area contributed by atoms with Gasteiger partial charge in [-0.25, -0.2) is 9.97 Å². The summed E-state index contributed by atoms with van der Waals surface area (Å²) in [5, 5.41) is 7.53. The molecule has 4 heterocycles. The second-order valence-corrected chi connectivity index (χ2v) is 15.7. The molecular formula is C56H33N3O2. The maximum absolute atomic E-state index is 6.55. The zero-order valence-corrected chi connectivity index (χ0v) is 32.7. The molecule has 0 aliphatic heterocycles. The largest absolute Gasteiger partial charge is 0.456 e. The molecule has 0 spiro atoms. The van der Waals surface area contributed by atoms with Crippen molar-refractivity contribution >= 4 is 76.6 Å². The average Bonchev–Trinajstić information content (AvgIpc) is 4.01. The van der Waals surface area contributed by atoms with Gasteiger partial charge in [-0.2, -0.15) is 0 Å². The Morgan fingerprint density at radius 1 is 0.361 bits per heavy atom. The van der Waals surface area contributed by atoms with Gasteiger partial charge in [-0.05, 0) is 89.0 Å². The van der Waals surface area contributed by atoms with E-state index in [4.69, 9.17) is 18.8 Å². The van der Waals surface area contributed by atoms with Crippen molar-refractivity contribution in [1.82, 2.24) is 14.5 Å². The van der Waals surface area contributed by atoms with E-state index in [1.165, 1.54) is 27.4 Å². The van der Waals surface area contributed by atoms with E-state index in [0.29, 0.717) is 5.82 Å². The highest BCUT2D eigenvalue weighted by molar-refractivity contribution is 6.15. The number of furan rings is 2. The Hall–Kier alpha value is -8.28. The van der Waals surface area contributed by atoms with E-state index in [0.717, 1.165) is 93.9 Å². The van der Waals surface area contributed by atoms with Gasteiger partial charge in [-0.3, -0.25) is 0 Å². The number of fused-ring (bicyclic) bond motifs is 10. The van der Waals surface area contributed by atoms with E-state index in [1.54, 1.807) is 0 Å². The molecule has 0 N–H and O–H groups in total. The van der Waals surface area contributed by atoms with Crippen LogP contribution >= 0.6 is 0 Å². The van der Waals surface area contributed by atoms with Gasteiger partial charge in [0.1, 0.15) is 22.3 Å². The molecule has 0 unspecified atom stereocenters. The average molecular weight is 780 g/mol. The van der Waals surface area contributed by atoms with Crippen LogP contribution in [0, 0.1) is 0 Å². The van der Waals surface area contributed by atoms with Crippen LogP contribution in [-0.4, -0.2) is 14.5 Å². The number of rotatable bonds is 5. The minimum atomic E-state index is 0.631. The molecule has 0 fully saturated rings. The highest BCUT2D eigenvalue weighted by Crippen LogP contribution is 2.42. The minimum Gasteiger partial charge on any atom is -0.456 e. The second kappa shape index (κ2) is 13.1. The summed E-state index contributed by atoms with van der Waals surface area (Å²) in [5.41, 5.74) is 14.9. The molecule has 0 aliphatic carbocycles. The van der Waals surface area contributed by atoms with Gasteiger partial charge in [0.15, 0.2) is 5.82 Å². The Balaban J connectivity index is 0.973. The van der Waals surface area contributed by atoms with Gasteiger partial charge < -0.3 is 13.4 Å². The van der Waals surface area contributed by atoms with Crippen LogP contribution < -0.4 is 0 Å². The normalized spacial score (nSPS) is 11.9. The Bertz CT molecular complexity index is 3890. The summed E-state index contributed by atoms with van der Waals surface area (Å²) in [6, 6.07) is 70.3. The molecule has 13 aromatic rings. The third kappa shape index (κ3) is 5.21. The Morgan fingerprint density at radius 3 is 1.92 bits per heavy atom. The molecule has 0 bridgehead atoms. The molecule has 0 amide bonds. The number of benzene rings is 9. The molecule has 5 nitrogen and oxygen atoms in total. The number of hydrogen-bond donors (Lipinski definition) is 0. The fourth-order valence-corrected chi connectivity index (χ4v) is 9.41. The molecule has 9 aromatic carbocycles. The first kappa shape index (κ1) is 33.7. The summed E-state index contributed by atoms with van der Waals surface area (Å²) in [6.45, 7) is 0. The summed E-state index contributed by atoms with van der Waals surface area (Å²) >= 11 is 0. The molecule has 0 atom stereocenters. The third-order valence-electron chi connectivity index (χ3n) is 12.2. The van der Waals surface area contributed by atoms with E-state index in [9.17, 15) is 0 Å². The predicted octanol–water partition coefficient (Wildman–Crippen LogP) is 15.2. The van der Waals surface area contributed by atoms with Crippen molar-refractivity contribution in [2.45, 2.75) is 0 Å². The maximum Gasteiger partial charge on any atom is 0.161 e. The maximum atomic E-state index is 6.55. The minimum absolute atomic E-state index is 0.631. The molecule has 0 radical (unpaired) electrons. The Labute approximate surface area is 349 Å². The van der Waals surface area contributed by atoms with Crippen LogP contribution in [0.5, 0.6) is 0 Å². The number of nitrogens with zero attached hydrogens (tertiary/aromatic N) is 3. The lowest BCUT2D eigenvalue weighted by Crippen LogP contribution is -1.96. The highest BCUT2D eigenvalue weighted by Gasteiger charge is 2.21. The Kier molecular flexibility index (Phi) is 7.24. The molecule has 0 aliphatic rings. The SMILES string of the molecule is c1ccc(-c2cccc(-n3c4ccccc4c4cc(-c5ccc6oc7cccc(-c8nc(-c9cccc%10c9oc9ccccc9%10)c9ccccc9n8)c7c6c5)ccc43)c2)cc1. The van der Waals surface area contributed by atoms with E-state index >= 15 is 0 Å². The van der Waals surface area contributed by atoms with Gasteiger partial charge in [0, 0.05) is 54.5 Å². The van der Waals surface area contributed by atoms with Crippen molar-refractivity contribution in [3.05, 3.63) is 200 Å². The first-order valence-electron chi connectivity index (χ1n) is 20.6. The molecule has 0 saturated carbocycles. The fraction of sp³-hybridized carbons (Fsp3) is 0. The molecule has 0 saturated heterocycles. The van der Waals surface area contributed by atoms with Crippen molar-refractivity contribution in [2.75, 3.05) is 0 Å². The van der Waals surface area contributed by atoms with Crippen molar-refractivity contribution in [3.63, 3.8) is 0 Å². The van der Waals surface area contributed by atoms with Gasteiger partial charge >= 0.3 is 0 Å². The number of hydrogen-bond acceptors (Lipinski definition) is 4. The molecule has 61 heavy (non-hydrogen) atoms. The van der Waals surface area contributed by atoms with Gasteiger partial charge in [0.25, 0.3) is 0 Å². The lowest BCUT2D eigenvalue weighted by molar-refractivity contribution is 0.669. The zero-order valence-electron chi connectivity index (χ0n) is 32.7. The second-order valence-electron chi connectivity index (χ2n) is 15.7. The van der Waals surface area contributed by atoms with E-state index in [-0.39, 0.29) is 0 Å². The summed E-state index contributed by atoms with van der Waals surface area (Å²) in [4.78, 5) is 10.6. The molecule has 284 valence electrons. The van der Waals surface area contributed by atoms with Crippen molar-refractivity contribution in [1.29, 1.82) is 0 Å². The topological polar surface area (TPSA) is 57.0 Å². The molecular weight excluding hydrogens is 747 g/mol. The quantitative estimate of drug-likeness (QED) is 0.175. The third-order valence-corrected chi connectivity index (χ3v) is 12.2. The van der Waals surface area contributed by atoms with Crippen molar-refractivity contribution < 1.29 is 8.83 Å². The molecule has 13 rings (SSSR count). The number of aromatic nitrogens is 3. The summed E-state index contributed by atoms with van der Waals surface area (Å²) in [5.74, 6) is 0.631. The molecule has 5 heteroatoms. The number of para-hydroxylation sites is 4. The lowest BCUT2D eigenvalue weighted by atomic mass is 9.98. The summed E-state index contributed by atoms with van der Waals surface area (Å²) in [6.07, 6.45) is 0. The van der Waals surface area contributed by atoms with Crippen LogP contribution in [0.4, 0.5) is 0 Å². The summed E-state index contributed by atoms with van der Waals surface area (Å²) < 4.78 is 15.5. The van der Waals surface area contributed by atoms with Crippen molar-refractivity contribution in [3.8, 4) is 50.6 Å². The molecule has 4 aromatic heterocycles. The van der Waals surface area contributed by atoms with Crippen LogP contribution in [0.25, 0.3) is 127 Å². The standard InChI is InChI=1S/C56H33N3O2/c1-2-13-34(14-3-1)35-15-10-16-38(31-35)59-48-24-8-5-17-39(48)45-32-36(27-29-49(45)59)37-28-30-51-46(33-37)53-43(21-12-26-52(53)60-51)56-57-47-23-7-4-19-42(47)54(58-56)44-22-11-20-41-40-18-6-9-25-50(40)61-55(41)44/h1-33H. The summed E-state index contributed by atoms with van der Waals surface area (Å²) in [7, 11) is 0. The van der Waals surface area contributed by atoms with Crippen LogP contribution in [0.2, 0.25) is 0 Å². The van der Waals surface area contributed by atoms with Crippen LogP contribution in [0.15, 0.2) is 209 Å². The van der Waals surface area contributed by atoms with E-state index < -0.39 is 0 Å². The predicted molar refractivity (Wildman–Crippen MR) is 250 cm³/mol.